The maximum Gasteiger partial charge on any atom is 0.265 e. The molecule has 2 aromatic rings. The summed E-state index contributed by atoms with van der Waals surface area (Å²) >= 11 is 3.31. The van der Waals surface area contributed by atoms with Crippen LogP contribution in [0.2, 0.25) is 0 Å². The van der Waals surface area contributed by atoms with Gasteiger partial charge in [-0.2, -0.15) is 0 Å². The third kappa shape index (κ3) is 4.56. The number of hydrogen-bond donors (Lipinski definition) is 3. The molecule has 0 bridgehead atoms. The van der Waals surface area contributed by atoms with E-state index in [0.717, 1.165) is 16.8 Å². The molecule has 0 aromatic heterocycles. The summed E-state index contributed by atoms with van der Waals surface area (Å²) in [6.07, 6.45) is 0. The van der Waals surface area contributed by atoms with Crippen molar-refractivity contribution in [1.82, 2.24) is 5.43 Å². The Morgan fingerprint density at radius 2 is 1.92 bits per heavy atom. The van der Waals surface area contributed by atoms with Crippen LogP contribution in [0.5, 0.6) is 5.75 Å². The highest BCUT2D eigenvalue weighted by atomic mass is 79.9. The average molecular weight is 392 g/mol. The Bertz CT molecular complexity index is 778. The smallest absolute Gasteiger partial charge is 0.265 e. The van der Waals surface area contributed by atoms with Crippen LogP contribution in [0.3, 0.4) is 0 Å². The zero-order chi connectivity index (χ0) is 17.7. The zero-order valence-electron chi connectivity index (χ0n) is 13.4. The molecule has 126 valence electrons. The molecule has 4 N–H and O–H groups in total. The van der Waals surface area contributed by atoms with E-state index in [-0.39, 0.29) is 12.5 Å². The van der Waals surface area contributed by atoms with Crippen molar-refractivity contribution in [3.05, 3.63) is 57.6 Å². The minimum atomic E-state index is -0.407. The lowest BCUT2D eigenvalue weighted by atomic mass is 10.1. The summed E-state index contributed by atoms with van der Waals surface area (Å²) in [4.78, 5) is 23.5. The Kier molecular flexibility index (Phi) is 5.94. The molecular weight excluding hydrogens is 374 g/mol. The molecular formula is C17H18BrN3O3. The van der Waals surface area contributed by atoms with Gasteiger partial charge in [0, 0.05) is 11.3 Å². The fourth-order valence-electron chi connectivity index (χ4n) is 2.04. The predicted octanol–water partition coefficient (Wildman–Crippen LogP) is 2.69. The first-order valence-corrected chi connectivity index (χ1v) is 8.00. The van der Waals surface area contributed by atoms with Crippen LogP contribution in [0.25, 0.3) is 0 Å². The number of carbonyl (C=O) groups excluding carboxylic acids is 2. The first-order chi connectivity index (χ1) is 11.4. The molecule has 2 amide bonds. The normalized spacial score (nSPS) is 10.2. The third-order valence-corrected chi connectivity index (χ3v) is 3.97. The number of hydrazine groups is 1. The summed E-state index contributed by atoms with van der Waals surface area (Å²) in [5, 5.41) is 2.82. The van der Waals surface area contributed by atoms with E-state index in [4.69, 9.17) is 10.6 Å². The number of ether oxygens (including phenoxy) is 1. The van der Waals surface area contributed by atoms with Gasteiger partial charge in [-0.15, -0.1) is 0 Å². The number of halogens is 1. The Morgan fingerprint density at radius 3 is 2.58 bits per heavy atom. The van der Waals surface area contributed by atoms with Crippen molar-refractivity contribution in [3.8, 4) is 5.75 Å². The van der Waals surface area contributed by atoms with Crippen LogP contribution in [-0.2, 0) is 4.79 Å². The second-order valence-electron chi connectivity index (χ2n) is 5.27. The number of nitrogens with one attached hydrogen (secondary N) is 2. The quantitative estimate of drug-likeness (QED) is 0.414. The van der Waals surface area contributed by atoms with E-state index < -0.39 is 5.91 Å². The van der Waals surface area contributed by atoms with E-state index in [1.54, 1.807) is 18.2 Å². The molecule has 0 unspecified atom stereocenters. The molecule has 7 heteroatoms. The van der Waals surface area contributed by atoms with Gasteiger partial charge in [0.05, 0.1) is 4.47 Å². The van der Waals surface area contributed by atoms with Crippen molar-refractivity contribution in [3.63, 3.8) is 0 Å². The van der Waals surface area contributed by atoms with Gasteiger partial charge in [0.15, 0.2) is 6.61 Å². The fraction of sp³-hybridized carbons (Fsp3) is 0.176. The van der Waals surface area contributed by atoms with Gasteiger partial charge in [0.1, 0.15) is 5.75 Å². The molecule has 0 radical (unpaired) electrons. The van der Waals surface area contributed by atoms with Gasteiger partial charge in [0.25, 0.3) is 11.8 Å². The molecule has 6 nitrogen and oxygen atoms in total. The molecule has 0 saturated carbocycles. The summed E-state index contributed by atoms with van der Waals surface area (Å²) in [6.45, 7) is 3.74. The number of aryl methyl sites for hydroxylation is 2. The molecule has 0 aliphatic rings. The molecule has 0 aliphatic carbocycles. The number of nitrogen functional groups attached to an aromatic ring is 1. The molecule has 2 rings (SSSR count). The lowest BCUT2D eigenvalue weighted by Gasteiger charge is -2.11. The molecule has 0 fully saturated rings. The van der Waals surface area contributed by atoms with Crippen LogP contribution in [0, 0.1) is 13.8 Å². The number of carbonyl (C=O) groups is 2. The minimum absolute atomic E-state index is 0.144. The maximum absolute atomic E-state index is 12.1. The molecule has 0 aliphatic heterocycles. The Morgan fingerprint density at radius 1 is 1.17 bits per heavy atom. The van der Waals surface area contributed by atoms with Crippen molar-refractivity contribution < 1.29 is 14.3 Å². The summed E-state index contributed by atoms with van der Waals surface area (Å²) in [5.41, 5.74) is 5.24. The third-order valence-electron chi connectivity index (χ3n) is 3.35. The van der Waals surface area contributed by atoms with Gasteiger partial charge in [-0.05, 0) is 65.2 Å². The molecule has 0 saturated heterocycles. The number of benzene rings is 2. The van der Waals surface area contributed by atoms with Crippen LogP contribution >= 0.6 is 15.9 Å². The Balaban J connectivity index is 1.99. The average Bonchev–Trinajstić information content (AvgIpc) is 2.56. The van der Waals surface area contributed by atoms with Crippen LogP contribution < -0.4 is 21.3 Å². The molecule has 0 spiro atoms. The van der Waals surface area contributed by atoms with Gasteiger partial charge >= 0.3 is 0 Å². The zero-order valence-corrected chi connectivity index (χ0v) is 14.9. The first kappa shape index (κ1) is 18.0. The van der Waals surface area contributed by atoms with Gasteiger partial charge in [-0.3, -0.25) is 15.0 Å². The molecule has 0 atom stereocenters. The lowest BCUT2D eigenvalue weighted by Crippen LogP contribution is -2.29. The van der Waals surface area contributed by atoms with Crippen molar-refractivity contribution in [2.45, 2.75) is 13.8 Å². The minimum Gasteiger partial charge on any atom is -0.483 e. The van der Waals surface area contributed by atoms with Crippen molar-refractivity contribution in [2.75, 3.05) is 11.9 Å². The van der Waals surface area contributed by atoms with Crippen molar-refractivity contribution in [1.29, 1.82) is 0 Å². The van der Waals surface area contributed by atoms with Crippen molar-refractivity contribution >= 4 is 33.4 Å². The second kappa shape index (κ2) is 7.94. The summed E-state index contributed by atoms with van der Waals surface area (Å²) in [5.74, 6) is 4.87. The van der Waals surface area contributed by atoms with Crippen molar-refractivity contribution in [2.24, 2.45) is 5.84 Å². The fourth-order valence-corrected chi connectivity index (χ4v) is 2.54. The van der Waals surface area contributed by atoms with E-state index >= 15 is 0 Å². The highest BCUT2D eigenvalue weighted by molar-refractivity contribution is 9.10. The summed E-state index contributed by atoms with van der Waals surface area (Å²) in [7, 11) is 0. The van der Waals surface area contributed by atoms with E-state index in [1.165, 1.54) is 0 Å². The highest BCUT2D eigenvalue weighted by Crippen LogP contribution is 2.26. The number of nitrogens with two attached hydrogens (primary N) is 1. The second-order valence-corrected chi connectivity index (χ2v) is 6.13. The highest BCUT2D eigenvalue weighted by Gasteiger charge is 2.10. The largest absolute Gasteiger partial charge is 0.483 e. The van der Waals surface area contributed by atoms with E-state index in [0.29, 0.717) is 15.8 Å². The van der Waals surface area contributed by atoms with Gasteiger partial charge in [-0.25, -0.2) is 5.84 Å². The van der Waals surface area contributed by atoms with E-state index in [2.05, 4.69) is 26.7 Å². The molecule has 2 aromatic carbocycles. The van der Waals surface area contributed by atoms with Crippen LogP contribution in [-0.4, -0.2) is 18.4 Å². The first-order valence-electron chi connectivity index (χ1n) is 7.21. The molecule has 24 heavy (non-hydrogen) atoms. The Labute approximate surface area is 148 Å². The molecule has 0 heterocycles. The predicted molar refractivity (Wildman–Crippen MR) is 95.8 cm³/mol. The number of rotatable bonds is 5. The van der Waals surface area contributed by atoms with Gasteiger partial charge in [0.2, 0.25) is 0 Å². The van der Waals surface area contributed by atoms with Gasteiger partial charge < -0.3 is 10.1 Å². The standard InChI is InChI=1S/C17H18BrN3O3/c1-10-3-4-11(2)14(7-10)20-16(22)9-24-15-6-5-12(8-13(15)18)17(23)21-19/h3-8H,9,19H2,1-2H3,(H,20,22)(H,21,23). The van der Waals surface area contributed by atoms with Gasteiger partial charge in [-0.1, -0.05) is 12.1 Å². The number of anilines is 1. The van der Waals surface area contributed by atoms with Crippen LogP contribution in [0.4, 0.5) is 5.69 Å². The van der Waals surface area contributed by atoms with E-state index in [9.17, 15) is 9.59 Å². The monoisotopic (exact) mass is 391 g/mol. The summed E-state index contributed by atoms with van der Waals surface area (Å²) in [6, 6.07) is 10.6. The van der Waals surface area contributed by atoms with Crippen LogP contribution in [0.1, 0.15) is 21.5 Å². The summed E-state index contributed by atoms with van der Waals surface area (Å²) < 4.78 is 6.05. The maximum atomic E-state index is 12.1. The Hall–Kier alpha value is -2.38. The van der Waals surface area contributed by atoms with E-state index in [1.807, 2.05) is 32.0 Å². The van der Waals surface area contributed by atoms with Crippen LogP contribution in [0.15, 0.2) is 40.9 Å². The topological polar surface area (TPSA) is 93.4 Å². The number of amides is 2. The number of hydrogen-bond acceptors (Lipinski definition) is 4. The lowest BCUT2D eigenvalue weighted by molar-refractivity contribution is -0.118. The SMILES string of the molecule is Cc1ccc(C)c(NC(=O)COc2ccc(C(=O)NN)cc2Br)c1.